The highest BCUT2D eigenvalue weighted by atomic mass is 16.4. The van der Waals surface area contributed by atoms with Gasteiger partial charge >= 0.3 is 5.97 Å². The number of carbonyl (C=O) groups is 2. The minimum atomic E-state index is -0.996. The zero-order valence-electron chi connectivity index (χ0n) is 21.8. The molecule has 2 aromatic carbocycles. The zero-order valence-corrected chi connectivity index (χ0v) is 21.8. The average molecular weight is 513 g/mol. The molecule has 2 aliphatic rings. The molecule has 38 heavy (non-hydrogen) atoms. The number of aromatic nitrogens is 2. The van der Waals surface area contributed by atoms with Gasteiger partial charge in [0.25, 0.3) is 0 Å². The summed E-state index contributed by atoms with van der Waals surface area (Å²) in [5, 5.41) is 22.9. The molecule has 2 N–H and O–H groups in total. The quantitative estimate of drug-likeness (QED) is 0.489. The summed E-state index contributed by atoms with van der Waals surface area (Å²) in [7, 11) is 0. The molecule has 0 saturated carbocycles. The van der Waals surface area contributed by atoms with Crippen molar-refractivity contribution in [2.45, 2.75) is 58.0 Å². The molecule has 1 aromatic heterocycles. The Hall–Kier alpha value is -4.19. The Balaban J connectivity index is 1.45. The first kappa shape index (κ1) is 25.5. The van der Waals surface area contributed by atoms with E-state index < -0.39 is 5.97 Å². The summed E-state index contributed by atoms with van der Waals surface area (Å²) in [6.07, 6.45) is 4.34. The molecule has 5 rings (SSSR count). The highest BCUT2D eigenvalue weighted by Gasteiger charge is 2.31. The molecule has 0 aliphatic carbocycles. The number of carbonyl (C=O) groups excluding carboxylic acids is 1. The Morgan fingerprint density at radius 2 is 1.92 bits per heavy atom. The predicted molar refractivity (Wildman–Crippen MR) is 145 cm³/mol. The minimum Gasteiger partial charge on any atom is -0.478 e. The van der Waals surface area contributed by atoms with Gasteiger partial charge in [-0.1, -0.05) is 18.2 Å². The Morgan fingerprint density at radius 3 is 2.63 bits per heavy atom. The number of hydrogen-bond donors (Lipinski definition) is 2. The van der Waals surface area contributed by atoms with Gasteiger partial charge in [-0.2, -0.15) is 5.26 Å². The predicted octanol–water partition coefficient (Wildman–Crippen LogP) is 4.66. The zero-order chi connectivity index (χ0) is 26.8. The molecule has 0 spiro atoms. The number of carboxylic acids is 1. The maximum absolute atomic E-state index is 12.4. The van der Waals surface area contributed by atoms with E-state index in [1.807, 2.05) is 30.9 Å². The van der Waals surface area contributed by atoms with Crippen LogP contribution in [0.5, 0.6) is 0 Å². The van der Waals surface area contributed by atoms with Gasteiger partial charge in [-0.05, 0) is 63.3 Å². The molecule has 3 heterocycles. The van der Waals surface area contributed by atoms with Crippen LogP contribution in [0.4, 0.5) is 11.5 Å². The topological polar surface area (TPSA) is 122 Å². The van der Waals surface area contributed by atoms with Gasteiger partial charge in [0.05, 0.1) is 22.6 Å². The second-order valence-electron chi connectivity index (χ2n) is 10.2. The molecule has 3 aromatic rings. The molecular weight excluding hydrogens is 480 g/mol. The third kappa shape index (κ3) is 4.99. The van der Waals surface area contributed by atoms with E-state index in [4.69, 9.17) is 9.97 Å². The second kappa shape index (κ2) is 10.7. The van der Waals surface area contributed by atoms with Crippen LogP contribution in [0.2, 0.25) is 0 Å². The van der Waals surface area contributed by atoms with Crippen molar-refractivity contribution in [2.24, 2.45) is 0 Å². The van der Waals surface area contributed by atoms with Gasteiger partial charge in [0.15, 0.2) is 11.5 Å². The fourth-order valence-electron chi connectivity index (χ4n) is 5.66. The van der Waals surface area contributed by atoms with Crippen LogP contribution in [-0.4, -0.2) is 57.5 Å². The first-order valence-electron chi connectivity index (χ1n) is 13.2. The lowest BCUT2D eigenvalue weighted by molar-refractivity contribution is -0.136. The molecule has 1 unspecified atom stereocenters. The van der Waals surface area contributed by atoms with Crippen LogP contribution in [0.3, 0.4) is 0 Å². The van der Waals surface area contributed by atoms with E-state index >= 15 is 0 Å². The van der Waals surface area contributed by atoms with Crippen molar-refractivity contribution >= 4 is 34.4 Å². The Labute approximate surface area is 222 Å². The van der Waals surface area contributed by atoms with E-state index in [1.54, 1.807) is 24.3 Å². The van der Waals surface area contributed by atoms with Gasteiger partial charge in [0.2, 0.25) is 5.91 Å². The number of hydrogen-bond acceptors (Lipinski definition) is 7. The summed E-state index contributed by atoms with van der Waals surface area (Å²) in [5.74, 6) is -0.180. The number of aromatic carboxylic acids is 1. The number of anilines is 2. The number of nitrogens with zero attached hydrogens (tertiary/aromatic N) is 5. The van der Waals surface area contributed by atoms with Crippen molar-refractivity contribution in [3.05, 3.63) is 58.8 Å². The number of piperidine rings is 2. The van der Waals surface area contributed by atoms with Gasteiger partial charge in [-0.3, -0.25) is 4.79 Å². The summed E-state index contributed by atoms with van der Waals surface area (Å²) in [5.41, 5.74) is 4.19. The fraction of sp³-hybridized carbons (Fsp3) is 0.414. The van der Waals surface area contributed by atoms with Crippen molar-refractivity contribution in [1.29, 1.82) is 5.26 Å². The third-order valence-corrected chi connectivity index (χ3v) is 7.59. The number of rotatable bonds is 6. The summed E-state index contributed by atoms with van der Waals surface area (Å²) in [6, 6.07) is 13.0. The molecular formula is C29H32N6O3. The normalized spacial score (nSPS) is 17.3. The Bertz CT molecular complexity index is 1420. The molecule has 2 fully saturated rings. The number of fused-ring (bicyclic) bond motifs is 1. The number of para-hydroxylation sites is 1. The molecule has 0 radical (unpaired) electrons. The number of nitriles is 1. The molecule has 1 atom stereocenters. The summed E-state index contributed by atoms with van der Waals surface area (Å²) in [6.45, 7) is 6.17. The van der Waals surface area contributed by atoms with E-state index in [0.29, 0.717) is 47.7 Å². The van der Waals surface area contributed by atoms with Crippen molar-refractivity contribution < 1.29 is 14.7 Å². The van der Waals surface area contributed by atoms with Crippen molar-refractivity contribution in [3.63, 3.8) is 0 Å². The first-order chi connectivity index (χ1) is 18.4. The van der Waals surface area contributed by atoms with Gasteiger partial charge in [0, 0.05) is 43.3 Å². The SMILES string of the molecule is Cc1cc(C(C)Nc2ccccc2C(=O)O)c2nc(N3CCC(N4CCCCC4=O)CC3)c(C#N)nc2c1. The molecule has 9 heteroatoms. The number of aryl methyl sites for hydroxylation is 1. The number of nitrogens with one attached hydrogen (secondary N) is 1. The number of amides is 1. The highest BCUT2D eigenvalue weighted by Crippen LogP contribution is 2.32. The van der Waals surface area contributed by atoms with Gasteiger partial charge in [-0.25, -0.2) is 14.8 Å². The molecule has 1 amide bonds. The van der Waals surface area contributed by atoms with E-state index in [0.717, 1.165) is 43.4 Å². The first-order valence-corrected chi connectivity index (χ1v) is 13.2. The van der Waals surface area contributed by atoms with E-state index in [1.165, 1.54) is 0 Å². The van der Waals surface area contributed by atoms with Crippen LogP contribution in [0.25, 0.3) is 11.0 Å². The van der Waals surface area contributed by atoms with Crippen LogP contribution < -0.4 is 10.2 Å². The average Bonchev–Trinajstić information content (AvgIpc) is 2.92. The molecule has 2 aliphatic heterocycles. The molecule has 0 bridgehead atoms. The van der Waals surface area contributed by atoms with E-state index in [9.17, 15) is 20.0 Å². The Kier molecular flexibility index (Phi) is 7.14. The lowest BCUT2D eigenvalue weighted by atomic mass is 9.99. The number of benzene rings is 2. The maximum atomic E-state index is 12.4. The van der Waals surface area contributed by atoms with Gasteiger partial charge < -0.3 is 20.2 Å². The van der Waals surface area contributed by atoms with Crippen LogP contribution in [0.1, 0.15) is 72.2 Å². The van der Waals surface area contributed by atoms with E-state index in [-0.39, 0.29) is 23.6 Å². The monoisotopic (exact) mass is 512 g/mol. The Morgan fingerprint density at radius 1 is 1.16 bits per heavy atom. The maximum Gasteiger partial charge on any atom is 0.337 e. The smallest absolute Gasteiger partial charge is 0.337 e. The molecule has 2 saturated heterocycles. The van der Waals surface area contributed by atoms with Crippen LogP contribution in [0, 0.1) is 18.3 Å². The standard InChI is InChI=1S/C29H32N6O3/c1-18-15-22(19(2)31-23-8-4-3-7-21(23)29(37)38)27-24(16-18)32-25(17-30)28(33-27)34-13-10-20(11-14-34)35-12-6-5-9-26(35)36/h3-4,7-8,15-16,19-20,31H,5-6,9-14H2,1-2H3,(H,37,38). The van der Waals surface area contributed by atoms with Crippen molar-refractivity contribution in [3.8, 4) is 6.07 Å². The van der Waals surface area contributed by atoms with Gasteiger partial charge in [-0.15, -0.1) is 0 Å². The van der Waals surface area contributed by atoms with Gasteiger partial charge in [0.1, 0.15) is 6.07 Å². The van der Waals surface area contributed by atoms with Crippen LogP contribution >= 0.6 is 0 Å². The van der Waals surface area contributed by atoms with Crippen LogP contribution in [-0.2, 0) is 4.79 Å². The third-order valence-electron chi connectivity index (χ3n) is 7.59. The van der Waals surface area contributed by atoms with Crippen LogP contribution in [0.15, 0.2) is 36.4 Å². The minimum absolute atomic E-state index is 0.199. The van der Waals surface area contributed by atoms with Crippen molar-refractivity contribution in [1.82, 2.24) is 14.9 Å². The summed E-state index contributed by atoms with van der Waals surface area (Å²) >= 11 is 0. The lowest BCUT2D eigenvalue weighted by Gasteiger charge is -2.40. The summed E-state index contributed by atoms with van der Waals surface area (Å²) < 4.78 is 0. The number of likely N-dealkylation sites (tertiary alicyclic amines) is 1. The number of carboxylic acid groups (broad SMARTS) is 1. The molecule has 196 valence electrons. The van der Waals surface area contributed by atoms with Crippen molar-refractivity contribution in [2.75, 3.05) is 29.9 Å². The highest BCUT2D eigenvalue weighted by molar-refractivity contribution is 5.94. The van der Waals surface area contributed by atoms with E-state index in [2.05, 4.69) is 16.3 Å². The summed E-state index contributed by atoms with van der Waals surface area (Å²) in [4.78, 5) is 38.0. The molecule has 9 nitrogen and oxygen atoms in total. The lowest BCUT2D eigenvalue weighted by Crippen LogP contribution is -2.49. The second-order valence-corrected chi connectivity index (χ2v) is 10.2. The fourth-order valence-corrected chi connectivity index (χ4v) is 5.66. The largest absolute Gasteiger partial charge is 0.478 e.